The van der Waals surface area contributed by atoms with E-state index in [1.54, 1.807) is 11.8 Å². The van der Waals surface area contributed by atoms with Gasteiger partial charge in [0, 0.05) is 0 Å². The van der Waals surface area contributed by atoms with Gasteiger partial charge in [-0.3, -0.25) is 4.90 Å². The minimum absolute atomic E-state index is 0.0275. The van der Waals surface area contributed by atoms with Crippen LogP contribution in [0.3, 0.4) is 0 Å². The third-order valence-electron chi connectivity index (χ3n) is 4.68. The Hall–Kier alpha value is -2.45. The maximum absolute atomic E-state index is 13.3. The van der Waals surface area contributed by atoms with Crippen molar-refractivity contribution >= 4 is 17.6 Å². The monoisotopic (exact) mass is 369 g/mol. The van der Waals surface area contributed by atoms with Gasteiger partial charge < -0.3 is 16.2 Å². The molecule has 2 aliphatic rings. The van der Waals surface area contributed by atoms with Gasteiger partial charge >= 0.3 is 6.18 Å². The maximum atomic E-state index is 13.3. The molecule has 0 unspecified atom stereocenters. The minimum atomic E-state index is -4.48. The zero-order valence-corrected chi connectivity index (χ0v) is 14.5. The average molecular weight is 369 g/mol. The lowest BCUT2D eigenvalue weighted by Gasteiger charge is -2.46. The number of aliphatic imine (C=N–C) groups is 2. The van der Waals surface area contributed by atoms with Crippen molar-refractivity contribution in [2.75, 3.05) is 11.5 Å². The smallest absolute Gasteiger partial charge is 0.416 e. The predicted octanol–water partition coefficient (Wildman–Crippen LogP) is 3.21. The molecule has 3 rings (SSSR count). The van der Waals surface area contributed by atoms with Crippen LogP contribution in [0.5, 0.6) is 5.75 Å². The van der Waals surface area contributed by atoms with E-state index in [2.05, 4.69) is 9.98 Å². The molecule has 1 aromatic carbocycles. The number of alkyl halides is 3. The number of rotatable bonds is 3. The van der Waals surface area contributed by atoms with Crippen LogP contribution >= 0.6 is 0 Å². The van der Waals surface area contributed by atoms with E-state index in [-0.39, 0.29) is 17.6 Å². The van der Waals surface area contributed by atoms with Gasteiger partial charge in [-0.15, -0.1) is 0 Å². The van der Waals surface area contributed by atoms with E-state index >= 15 is 0 Å². The molecule has 4 N–H and O–H groups in total. The van der Waals surface area contributed by atoms with Crippen LogP contribution in [0, 0.1) is 0 Å². The van der Waals surface area contributed by atoms with Gasteiger partial charge in [0.2, 0.25) is 11.9 Å². The van der Waals surface area contributed by atoms with Gasteiger partial charge in [0.05, 0.1) is 17.9 Å². The first kappa shape index (κ1) is 18.3. The highest BCUT2D eigenvalue weighted by atomic mass is 19.4. The molecular weight excluding hydrogens is 347 g/mol. The Morgan fingerprint density at radius 1 is 1.19 bits per heavy atom. The van der Waals surface area contributed by atoms with E-state index < -0.39 is 17.4 Å². The summed E-state index contributed by atoms with van der Waals surface area (Å²) < 4.78 is 45.4. The SMILES string of the molecule is CCOc1ccc(C(F)(F)F)cc1N1C(N)=NC(N)=NC12CCCCC2. The predicted molar refractivity (Wildman–Crippen MR) is 94.2 cm³/mol. The van der Waals surface area contributed by atoms with Crippen molar-refractivity contribution in [1.29, 1.82) is 0 Å². The summed E-state index contributed by atoms with van der Waals surface area (Å²) in [5.41, 5.74) is 10.5. The largest absolute Gasteiger partial charge is 0.492 e. The average Bonchev–Trinajstić information content (AvgIpc) is 2.55. The number of ether oxygens (including phenoxy) is 1. The second kappa shape index (κ2) is 6.69. The number of nitrogens with two attached hydrogens (primary N) is 2. The second-order valence-electron chi connectivity index (χ2n) is 6.43. The molecule has 1 saturated carbocycles. The summed E-state index contributed by atoms with van der Waals surface area (Å²) in [6, 6.07) is 3.35. The number of hydrogen-bond donors (Lipinski definition) is 2. The standard InChI is InChI=1S/C17H22F3N5O/c1-2-26-13-7-6-11(17(18,19)20)10-12(13)25-15(22)23-14(21)24-16(25)8-4-3-5-9-16/h6-7,10H,2-5,8-9H2,1H3,(H4,21,22,23,24). The van der Waals surface area contributed by atoms with E-state index in [1.165, 1.54) is 6.07 Å². The highest BCUT2D eigenvalue weighted by Crippen LogP contribution is 2.44. The number of benzene rings is 1. The Bertz CT molecular complexity index is 738. The number of hydrogen-bond acceptors (Lipinski definition) is 6. The van der Waals surface area contributed by atoms with Crippen molar-refractivity contribution in [3.05, 3.63) is 23.8 Å². The van der Waals surface area contributed by atoms with Crippen molar-refractivity contribution in [1.82, 2.24) is 0 Å². The third kappa shape index (κ3) is 3.30. The summed E-state index contributed by atoms with van der Waals surface area (Å²) in [5.74, 6) is 0.379. The summed E-state index contributed by atoms with van der Waals surface area (Å²) in [6.07, 6.45) is -0.434. The van der Waals surface area contributed by atoms with Gasteiger partial charge in [0.25, 0.3) is 0 Å². The summed E-state index contributed by atoms with van der Waals surface area (Å²) in [7, 11) is 0. The van der Waals surface area contributed by atoms with Crippen LogP contribution in [-0.2, 0) is 6.18 Å². The first-order valence-electron chi connectivity index (χ1n) is 8.60. The topological polar surface area (TPSA) is 89.2 Å². The van der Waals surface area contributed by atoms with Crippen LogP contribution in [0.4, 0.5) is 18.9 Å². The molecule has 0 aromatic heterocycles. The van der Waals surface area contributed by atoms with E-state index in [9.17, 15) is 13.2 Å². The Labute approximate surface area is 149 Å². The molecule has 0 bridgehead atoms. The summed E-state index contributed by atoms with van der Waals surface area (Å²) in [5, 5.41) is 0. The number of guanidine groups is 2. The highest BCUT2D eigenvalue weighted by Gasteiger charge is 2.44. The normalized spacial score (nSPS) is 19.9. The zero-order chi connectivity index (χ0) is 18.9. The first-order chi connectivity index (χ1) is 12.3. The van der Waals surface area contributed by atoms with Crippen molar-refractivity contribution in [2.24, 2.45) is 21.5 Å². The lowest BCUT2D eigenvalue weighted by Crippen LogP contribution is -2.58. The lowest BCUT2D eigenvalue weighted by molar-refractivity contribution is -0.137. The van der Waals surface area contributed by atoms with Crippen LogP contribution in [0.1, 0.15) is 44.6 Å². The summed E-state index contributed by atoms with van der Waals surface area (Å²) in [6.45, 7) is 2.07. The molecule has 0 saturated heterocycles. The molecule has 1 heterocycles. The highest BCUT2D eigenvalue weighted by molar-refractivity contribution is 6.06. The van der Waals surface area contributed by atoms with Crippen LogP contribution in [0.15, 0.2) is 28.2 Å². The van der Waals surface area contributed by atoms with Crippen LogP contribution in [0.2, 0.25) is 0 Å². The van der Waals surface area contributed by atoms with Gasteiger partial charge in [-0.2, -0.15) is 18.2 Å². The van der Waals surface area contributed by atoms with Crippen LogP contribution in [-0.4, -0.2) is 24.2 Å². The summed E-state index contributed by atoms with van der Waals surface area (Å²) in [4.78, 5) is 10.0. The molecule has 9 heteroatoms. The number of halogens is 3. The fourth-order valence-electron chi connectivity index (χ4n) is 3.62. The molecule has 26 heavy (non-hydrogen) atoms. The van der Waals surface area contributed by atoms with Gasteiger partial charge in [-0.1, -0.05) is 6.42 Å². The minimum Gasteiger partial charge on any atom is -0.492 e. The lowest BCUT2D eigenvalue weighted by atomic mass is 9.87. The molecule has 1 aliphatic heterocycles. The van der Waals surface area contributed by atoms with Crippen LogP contribution < -0.4 is 21.1 Å². The van der Waals surface area contributed by atoms with E-state index in [0.29, 0.717) is 25.2 Å². The van der Waals surface area contributed by atoms with E-state index in [1.807, 2.05) is 0 Å². The molecule has 0 amide bonds. The van der Waals surface area contributed by atoms with Gasteiger partial charge in [-0.25, -0.2) is 4.99 Å². The maximum Gasteiger partial charge on any atom is 0.416 e. The fourth-order valence-corrected chi connectivity index (χ4v) is 3.62. The van der Waals surface area contributed by atoms with Crippen molar-refractivity contribution in [2.45, 2.75) is 50.9 Å². The van der Waals surface area contributed by atoms with E-state index in [4.69, 9.17) is 16.2 Å². The van der Waals surface area contributed by atoms with E-state index in [0.717, 1.165) is 31.4 Å². The molecule has 1 aliphatic carbocycles. The second-order valence-corrected chi connectivity index (χ2v) is 6.43. The fraction of sp³-hybridized carbons (Fsp3) is 0.529. The van der Waals surface area contributed by atoms with Crippen molar-refractivity contribution < 1.29 is 17.9 Å². The Kier molecular flexibility index (Phi) is 4.72. The summed E-state index contributed by atoms with van der Waals surface area (Å²) >= 11 is 0. The van der Waals surface area contributed by atoms with Crippen molar-refractivity contribution in [3.8, 4) is 5.75 Å². The molecule has 0 atom stereocenters. The van der Waals surface area contributed by atoms with Crippen molar-refractivity contribution in [3.63, 3.8) is 0 Å². The molecule has 1 aromatic rings. The Morgan fingerprint density at radius 2 is 1.88 bits per heavy atom. The third-order valence-corrected chi connectivity index (χ3v) is 4.68. The number of nitrogens with zero attached hydrogens (tertiary/aromatic N) is 3. The zero-order valence-electron chi connectivity index (χ0n) is 14.5. The molecule has 1 fully saturated rings. The quantitative estimate of drug-likeness (QED) is 0.856. The molecule has 142 valence electrons. The van der Waals surface area contributed by atoms with Gasteiger partial charge in [-0.05, 0) is 50.8 Å². The Morgan fingerprint density at radius 3 is 2.50 bits per heavy atom. The van der Waals surface area contributed by atoms with Crippen LogP contribution in [0.25, 0.3) is 0 Å². The molecular formula is C17H22F3N5O. The van der Waals surface area contributed by atoms with Gasteiger partial charge in [0.1, 0.15) is 11.4 Å². The molecule has 1 spiro atoms. The number of anilines is 1. The molecule has 0 radical (unpaired) electrons. The molecule has 6 nitrogen and oxygen atoms in total. The Balaban J connectivity index is 2.16. The van der Waals surface area contributed by atoms with Gasteiger partial charge in [0.15, 0.2) is 0 Å². The first-order valence-corrected chi connectivity index (χ1v) is 8.60.